The second kappa shape index (κ2) is 6.10. The Kier molecular flexibility index (Phi) is 4.84. The van der Waals surface area contributed by atoms with Gasteiger partial charge in [-0.3, -0.25) is 4.90 Å². The van der Waals surface area contributed by atoms with E-state index in [1.54, 1.807) is 11.3 Å². The van der Waals surface area contributed by atoms with Crippen molar-refractivity contribution in [2.24, 2.45) is 0 Å². The second-order valence-electron chi connectivity index (χ2n) is 7.15. The first-order chi connectivity index (χ1) is 9.23. The SMILES string of the molecule is CC(C)(C)NCc1nc(CN2CCOC(C)(C)C2)cs1. The van der Waals surface area contributed by atoms with E-state index in [0.29, 0.717) is 0 Å². The van der Waals surface area contributed by atoms with Crippen molar-refractivity contribution in [1.29, 1.82) is 0 Å². The quantitative estimate of drug-likeness (QED) is 0.927. The number of aromatic nitrogens is 1. The average Bonchev–Trinajstić information content (AvgIpc) is 2.72. The monoisotopic (exact) mass is 297 g/mol. The summed E-state index contributed by atoms with van der Waals surface area (Å²) in [6.45, 7) is 15.4. The molecule has 1 saturated heterocycles. The van der Waals surface area contributed by atoms with Crippen LogP contribution in [0.25, 0.3) is 0 Å². The van der Waals surface area contributed by atoms with Crippen molar-refractivity contribution in [3.63, 3.8) is 0 Å². The highest BCUT2D eigenvalue weighted by molar-refractivity contribution is 7.09. The number of hydrogen-bond donors (Lipinski definition) is 1. The predicted octanol–water partition coefficient (Wildman–Crippen LogP) is 2.64. The standard InChI is InChI=1S/C15H27N3OS/c1-14(2,3)16-8-13-17-12(10-20-13)9-18-6-7-19-15(4,5)11-18/h10,16H,6-9,11H2,1-5H3. The molecule has 0 saturated carbocycles. The molecule has 1 N–H and O–H groups in total. The zero-order valence-corrected chi connectivity index (χ0v) is 14.1. The van der Waals surface area contributed by atoms with Crippen molar-refractivity contribution in [2.75, 3.05) is 19.7 Å². The van der Waals surface area contributed by atoms with E-state index >= 15 is 0 Å². The van der Waals surface area contributed by atoms with Gasteiger partial charge in [-0.05, 0) is 34.6 Å². The number of morpholine rings is 1. The molecule has 4 nitrogen and oxygen atoms in total. The first-order valence-electron chi connectivity index (χ1n) is 7.28. The molecule has 1 aromatic heterocycles. The number of nitrogens with zero attached hydrogens (tertiary/aromatic N) is 2. The predicted molar refractivity (Wildman–Crippen MR) is 84.0 cm³/mol. The Labute approximate surface area is 126 Å². The maximum absolute atomic E-state index is 5.74. The van der Waals surface area contributed by atoms with Gasteiger partial charge in [0, 0.05) is 37.1 Å². The Morgan fingerprint density at radius 2 is 2.20 bits per heavy atom. The first-order valence-corrected chi connectivity index (χ1v) is 8.16. The zero-order chi connectivity index (χ0) is 14.8. The van der Waals surface area contributed by atoms with Crippen LogP contribution in [0.2, 0.25) is 0 Å². The minimum atomic E-state index is -0.0368. The van der Waals surface area contributed by atoms with E-state index in [-0.39, 0.29) is 11.1 Å². The zero-order valence-electron chi connectivity index (χ0n) is 13.3. The van der Waals surface area contributed by atoms with Gasteiger partial charge >= 0.3 is 0 Å². The van der Waals surface area contributed by atoms with Gasteiger partial charge in [0.1, 0.15) is 5.01 Å². The number of hydrogen-bond acceptors (Lipinski definition) is 5. The summed E-state index contributed by atoms with van der Waals surface area (Å²) in [5.41, 5.74) is 1.28. The van der Waals surface area contributed by atoms with Crippen molar-refractivity contribution in [3.8, 4) is 0 Å². The van der Waals surface area contributed by atoms with Crippen LogP contribution in [0.3, 0.4) is 0 Å². The lowest BCUT2D eigenvalue weighted by molar-refractivity contribution is -0.0884. The van der Waals surface area contributed by atoms with E-state index in [0.717, 1.165) is 32.8 Å². The topological polar surface area (TPSA) is 37.4 Å². The van der Waals surface area contributed by atoms with Crippen LogP contribution in [0.15, 0.2) is 5.38 Å². The van der Waals surface area contributed by atoms with Crippen molar-refractivity contribution >= 4 is 11.3 Å². The second-order valence-corrected chi connectivity index (χ2v) is 8.10. The molecular weight excluding hydrogens is 270 g/mol. The fourth-order valence-electron chi connectivity index (χ4n) is 2.32. The molecule has 0 amide bonds. The number of thiazole rings is 1. The summed E-state index contributed by atoms with van der Waals surface area (Å²) >= 11 is 1.75. The van der Waals surface area contributed by atoms with Gasteiger partial charge < -0.3 is 10.1 Å². The van der Waals surface area contributed by atoms with Crippen LogP contribution >= 0.6 is 11.3 Å². The van der Waals surface area contributed by atoms with Gasteiger partial charge in [0.05, 0.1) is 17.9 Å². The van der Waals surface area contributed by atoms with Gasteiger partial charge in [0.25, 0.3) is 0 Å². The minimum absolute atomic E-state index is 0.0368. The van der Waals surface area contributed by atoms with Gasteiger partial charge in [-0.15, -0.1) is 11.3 Å². The Bertz CT molecular complexity index is 437. The molecule has 0 aromatic carbocycles. The third-order valence-electron chi connectivity index (χ3n) is 3.26. The largest absolute Gasteiger partial charge is 0.373 e. The van der Waals surface area contributed by atoms with E-state index in [1.165, 1.54) is 10.7 Å². The van der Waals surface area contributed by atoms with Gasteiger partial charge in [-0.2, -0.15) is 0 Å². The highest BCUT2D eigenvalue weighted by Crippen LogP contribution is 2.19. The van der Waals surface area contributed by atoms with Gasteiger partial charge in [0.15, 0.2) is 0 Å². The number of rotatable bonds is 4. The van der Waals surface area contributed by atoms with Crippen LogP contribution in [0.5, 0.6) is 0 Å². The Morgan fingerprint density at radius 3 is 2.85 bits per heavy atom. The van der Waals surface area contributed by atoms with E-state index < -0.39 is 0 Å². The molecule has 114 valence electrons. The molecule has 0 aliphatic carbocycles. The maximum atomic E-state index is 5.74. The molecule has 0 unspecified atom stereocenters. The van der Waals surface area contributed by atoms with Crippen LogP contribution in [0, 0.1) is 0 Å². The van der Waals surface area contributed by atoms with Crippen molar-refractivity contribution < 1.29 is 4.74 Å². The van der Waals surface area contributed by atoms with Gasteiger partial charge in [0.2, 0.25) is 0 Å². The van der Waals surface area contributed by atoms with E-state index in [1.807, 2.05) is 0 Å². The van der Waals surface area contributed by atoms with Gasteiger partial charge in [-0.25, -0.2) is 4.98 Å². The van der Waals surface area contributed by atoms with E-state index in [4.69, 9.17) is 9.72 Å². The summed E-state index contributed by atoms with van der Waals surface area (Å²) < 4.78 is 5.74. The lowest BCUT2D eigenvalue weighted by Gasteiger charge is -2.37. The number of ether oxygens (including phenoxy) is 1. The van der Waals surface area contributed by atoms with Crippen LogP contribution < -0.4 is 5.32 Å². The minimum Gasteiger partial charge on any atom is -0.373 e. The molecular formula is C15H27N3OS. The molecule has 1 aliphatic heterocycles. The molecule has 2 rings (SSSR count). The van der Waals surface area contributed by atoms with Crippen molar-refractivity contribution in [3.05, 3.63) is 16.1 Å². The van der Waals surface area contributed by atoms with E-state index in [2.05, 4.69) is 50.2 Å². The van der Waals surface area contributed by atoms with Crippen LogP contribution in [-0.2, 0) is 17.8 Å². The molecule has 0 spiro atoms. The molecule has 0 bridgehead atoms. The fraction of sp³-hybridized carbons (Fsp3) is 0.800. The average molecular weight is 297 g/mol. The maximum Gasteiger partial charge on any atom is 0.107 e. The molecule has 0 atom stereocenters. The van der Waals surface area contributed by atoms with Crippen LogP contribution in [-0.4, -0.2) is 40.7 Å². The molecule has 5 heteroatoms. The summed E-state index contributed by atoms with van der Waals surface area (Å²) in [6.07, 6.45) is 0. The smallest absolute Gasteiger partial charge is 0.107 e. The summed E-state index contributed by atoms with van der Waals surface area (Å²) in [5.74, 6) is 0. The van der Waals surface area contributed by atoms with Crippen LogP contribution in [0.4, 0.5) is 0 Å². The Hall–Kier alpha value is -0.490. The van der Waals surface area contributed by atoms with Crippen molar-refractivity contribution in [1.82, 2.24) is 15.2 Å². The summed E-state index contributed by atoms with van der Waals surface area (Å²) in [5, 5.41) is 6.83. The molecule has 1 fully saturated rings. The number of nitrogens with one attached hydrogen (secondary N) is 1. The Balaban J connectivity index is 1.86. The fourth-order valence-corrected chi connectivity index (χ4v) is 3.05. The summed E-state index contributed by atoms with van der Waals surface area (Å²) in [6, 6.07) is 0. The third kappa shape index (κ3) is 5.13. The highest BCUT2D eigenvalue weighted by Gasteiger charge is 2.27. The molecule has 0 radical (unpaired) electrons. The first kappa shape index (κ1) is 15.9. The van der Waals surface area contributed by atoms with Gasteiger partial charge in [-0.1, -0.05) is 0 Å². The summed E-state index contributed by atoms with van der Waals surface area (Å²) in [4.78, 5) is 7.16. The highest BCUT2D eigenvalue weighted by atomic mass is 32.1. The Morgan fingerprint density at radius 1 is 1.45 bits per heavy atom. The lowest BCUT2D eigenvalue weighted by Crippen LogP contribution is -2.47. The summed E-state index contributed by atoms with van der Waals surface area (Å²) in [7, 11) is 0. The normalized spacial score (nSPS) is 20.2. The molecule has 2 heterocycles. The molecule has 1 aliphatic rings. The molecule has 1 aromatic rings. The van der Waals surface area contributed by atoms with E-state index in [9.17, 15) is 0 Å². The third-order valence-corrected chi connectivity index (χ3v) is 4.16. The van der Waals surface area contributed by atoms with Crippen LogP contribution in [0.1, 0.15) is 45.3 Å². The lowest BCUT2D eigenvalue weighted by atomic mass is 10.1. The molecule has 20 heavy (non-hydrogen) atoms. The van der Waals surface area contributed by atoms with Crippen molar-refractivity contribution in [2.45, 2.75) is 58.8 Å².